The maximum atomic E-state index is 15.3. The van der Waals surface area contributed by atoms with E-state index >= 15 is 18.3 Å². The average molecular weight is 1010 g/mol. The molecule has 16 heteroatoms. The van der Waals surface area contributed by atoms with Crippen molar-refractivity contribution in [3.8, 4) is 46.0 Å². The first-order valence-corrected chi connectivity index (χ1v) is 31.9. The van der Waals surface area contributed by atoms with Crippen LogP contribution in [0.1, 0.15) is 197 Å². The van der Waals surface area contributed by atoms with Crippen molar-refractivity contribution in [2.45, 2.75) is 158 Å². The van der Waals surface area contributed by atoms with Crippen LogP contribution in [0.25, 0.3) is 0 Å². The Balaban J connectivity index is 1.57. The molecule has 9 rings (SSSR count). The van der Waals surface area contributed by atoms with E-state index in [4.69, 9.17) is 36.2 Å². The Morgan fingerprint density at radius 1 is 0.309 bits per heavy atom. The Morgan fingerprint density at radius 3 is 0.574 bits per heavy atom. The summed E-state index contributed by atoms with van der Waals surface area (Å²) in [6, 6.07) is 8.58. The second-order valence-corrected chi connectivity index (χ2v) is 28.0. The summed E-state index contributed by atoms with van der Waals surface area (Å²) in [5, 5.41) is 0. The smallest absolute Gasteiger partial charge is 0.415 e. The van der Waals surface area contributed by atoms with E-state index < -0.39 is 30.4 Å². The lowest BCUT2D eigenvalue weighted by Crippen LogP contribution is -2.22. The molecule has 4 aromatic carbocycles. The van der Waals surface area contributed by atoms with Crippen LogP contribution in [0.2, 0.25) is 0 Å². The molecule has 0 fully saturated rings. The maximum Gasteiger partial charge on any atom is 0.430 e. The van der Waals surface area contributed by atoms with Gasteiger partial charge in [0.1, 0.15) is 46.0 Å². The highest BCUT2D eigenvalue weighted by atomic mass is 31.2. The number of benzene rings is 4. The molecule has 0 unspecified atom stereocenters. The van der Waals surface area contributed by atoms with Gasteiger partial charge in [0.15, 0.2) is 0 Å². The molecule has 4 aromatic rings. The van der Waals surface area contributed by atoms with Gasteiger partial charge < -0.3 is 36.2 Å². The molecule has 8 bridgehead atoms. The number of hydrogen-bond donors (Lipinski definition) is 0. The van der Waals surface area contributed by atoms with Crippen LogP contribution in [-0.4, -0.2) is 24.6 Å². The predicted octanol–water partition coefficient (Wildman–Crippen LogP) is 16.9. The molecular weight excluding hydrogens is 940 g/mol. The lowest BCUT2D eigenvalue weighted by molar-refractivity contribution is 0.356. The SMILES string of the molecule is CCCC1c2cc3c4c(C)c2OP(=O)(CC)Oc2c1cc1c(c2C)OP(=O)(CC)Oc2c(cc5c(c2C)OP(=O)(CC)Oc2c(cc(c(c2C)OP(=O)(CC)O4)C3CCC)C5CCC)C1CCC. The van der Waals surface area contributed by atoms with Crippen LogP contribution in [0.4, 0.5) is 0 Å². The van der Waals surface area contributed by atoms with E-state index in [9.17, 15) is 0 Å². The van der Waals surface area contributed by atoms with Gasteiger partial charge in [-0.05, 0) is 77.6 Å². The highest BCUT2D eigenvalue weighted by Gasteiger charge is 2.47. The molecule has 5 aliphatic rings. The van der Waals surface area contributed by atoms with Gasteiger partial charge in [0, 0.05) is 90.4 Å². The van der Waals surface area contributed by atoms with Gasteiger partial charge in [0.05, 0.1) is 24.6 Å². The van der Waals surface area contributed by atoms with Gasteiger partial charge in [0.2, 0.25) is 0 Å². The van der Waals surface area contributed by atoms with Gasteiger partial charge in [0.25, 0.3) is 0 Å². The van der Waals surface area contributed by atoms with Crippen molar-refractivity contribution in [1.29, 1.82) is 0 Å². The molecule has 1 aliphatic carbocycles. The Bertz CT molecular complexity index is 2390. The van der Waals surface area contributed by atoms with Crippen LogP contribution >= 0.6 is 30.4 Å². The van der Waals surface area contributed by atoms with Crippen molar-refractivity contribution in [2.75, 3.05) is 24.6 Å². The average Bonchev–Trinajstić information content (AvgIpc) is 3.30. The molecule has 0 aromatic heterocycles. The molecule has 0 saturated carbocycles. The summed E-state index contributed by atoms with van der Waals surface area (Å²) < 4.78 is 116. The van der Waals surface area contributed by atoms with Crippen LogP contribution in [0.15, 0.2) is 24.3 Å². The van der Waals surface area contributed by atoms with Crippen molar-refractivity contribution in [2.24, 2.45) is 0 Å². The largest absolute Gasteiger partial charge is 0.430 e. The fraction of sp³-hybridized carbons (Fsp3) is 0.538. The van der Waals surface area contributed by atoms with Crippen LogP contribution in [0, 0.1) is 27.7 Å². The minimum atomic E-state index is -3.99. The standard InChI is InChI=1S/C52H68O12P4/c1-13-21-33-37-25-39-34(22-14-2)41-27-43-36(24-16-4)44-28-42-35(23-15-3)40-26-38(33)46-30(10)48(40)60-67(55,19-7)62-50(42)32(12)52(44)64-68(56,20-8)63-51(43)31(11)49(41)61-66(54,18-6)59-47(39)29(9)45(37)57-65(53,17-5)58-46/h25-28,33-36H,13-24H2,1-12H3. The molecule has 0 amide bonds. The van der Waals surface area contributed by atoms with Crippen LogP contribution in [0.5, 0.6) is 46.0 Å². The normalized spacial score (nSPS) is 28.1. The topological polar surface area (TPSA) is 142 Å². The molecule has 4 heterocycles. The molecule has 12 nitrogen and oxygen atoms in total. The molecule has 0 atom stereocenters. The molecule has 0 radical (unpaired) electrons. The molecule has 4 aliphatic heterocycles. The van der Waals surface area contributed by atoms with E-state index in [0.29, 0.717) is 93.9 Å². The van der Waals surface area contributed by atoms with Crippen molar-refractivity contribution in [1.82, 2.24) is 0 Å². The van der Waals surface area contributed by atoms with Gasteiger partial charge in [-0.2, -0.15) is 0 Å². The third kappa shape index (κ3) is 7.86. The minimum absolute atomic E-state index is 0.0344. The Kier molecular flexibility index (Phi) is 13.1. The summed E-state index contributed by atoms with van der Waals surface area (Å²) in [6.07, 6.45) is 5.95. The van der Waals surface area contributed by atoms with Gasteiger partial charge >= 0.3 is 30.4 Å². The van der Waals surface area contributed by atoms with E-state index in [0.717, 1.165) is 70.2 Å². The number of hydrogen-bond acceptors (Lipinski definition) is 12. The first-order chi connectivity index (χ1) is 32.4. The maximum absolute atomic E-state index is 15.3. The summed E-state index contributed by atoms with van der Waals surface area (Å²) in [6.45, 7) is 23.3. The van der Waals surface area contributed by atoms with Crippen molar-refractivity contribution >= 4 is 30.4 Å². The second-order valence-electron chi connectivity index (χ2n) is 19.2. The van der Waals surface area contributed by atoms with E-state index in [1.165, 1.54) is 0 Å². The summed E-state index contributed by atoms with van der Waals surface area (Å²) in [4.78, 5) is 0. The summed E-state index contributed by atoms with van der Waals surface area (Å²) in [5.74, 6) is 1.67. The summed E-state index contributed by atoms with van der Waals surface area (Å²) in [7, 11) is -16.0. The molecule has 0 N–H and O–H groups in total. The zero-order valence-electron chi connectivity index (χ0n) is 41.8. The fourth-order valence-electron chi connectivity index (χ4n) is 11.2. The van der Waals surface area contributed by atoms with Gasteiger partial charge in [-0.15, -0.1) is 0 Å². The minimum Gasteiger partial charge on any atom is -0.415 e. The lowest BCUT2D eigenvalue weighted by Gasteiger charge is -2.39. The third-order valence-corrected chi connectivity index (χ3v) is 21.6. The number of rotatable bonds is 12. The predicted molar refractivity (Wildman–Crippen MR) is 269 cm³/mol. The molecule has 368 valence electrons. The monoisotopic (exact) mass is 1010 g/mol. The fourth-order valence-corrected chi connectivity index (χ4v) is 16.5. The van der Waals surface area contributed by atoms with Gasteiger partial charge in [-0.1, -0.05) is 81.1 Å². The molecule has 0 spiro atoms. The van der Waals surface area contributed by atoms with Crippen molar-refractivity contribution in [3.63, 3.8) is 0 Å². The van der Waals surface area contributed by atoms with Crippen LogP contribution in [0.3, 0.4) is 0 Å². The van der Waals surface area contributed by atoms with E-state index in [1.54, 1.807) is 27.7 Å². The first kappa shape index (κ1) is 49.2. The highest BCUT2D eigenvalue weighted by Crippen LogP contribution is 2.68. The van der Waals surface area contributed by atoms with Gasteiger partial charge in [-0.25, -0.2) is 18.3 Å². The quantitative estimate of drug-likeness (QED) is 0.125. The van der Waals surface area contributed by atoms with Crippen molar-refractivity contribution in [3.05, 3.63) is 91.0 Å². The zero-order chi connectivity index (χ0) is 48.8. The Labute approximate surface area is 403 Å². The van der Waals surface area contributed by atoms with E-state index in [2.05, 4.69) is 52.0 Å². The summed E-state index contributed by atoms with van der Waals surface area (Å²) >= 11 is 0. The van der Waals surface area contributed by atoms with Crippen molar-refractivity contribution < 1.29 is 54.5 Å². The highest BCUT2D eigenvalue weighted by molar-refractivity contribution is 7.55. The second kappa shape index (κ2) is 18.1. The summed E-state index contributed by atoms with van der Waals surface area (Å²) in [5.41, 5.74) is 8.87. The molecule has 68 heavy (non-hydrogen) atoms. The Hall–Kier alpha value is -3.80. The van der Waals surface area contributed by atoms with Gasteiger partial charge in [-0.3, -0.25) is 0 Å². The Morgan fingerprint density at radius 2 is 0.456 bits per heavy atom. The van der Waals surface area contributed by atoms with Crippen LogP contribution < -0.4 is 36.2 Å². The van der Waals surface area contributed by atoms with E-state index in [-0.39, 0.29) is 48.3 Å². The zero-order valence-corrected chi connectivity index (χ0v) is 45.4. The van der Waals surface area contributed by atoms with Crippen LogP contribution in [-0.2, 0) is 18.3 Å². The first-order valence-electron chi connectivity index (χ1n) is 25.0. The molecular formula is C52H68O12P4. The van der Waals surface area contributed by atoms with E-state index in [1.807, 2.05) is 27.7 Å². The molecule has 0 saturated heterocycles. The third-order valence-electron chi connectivity index (χ3n) is 14.8. The lowest BCUT2D eigenvalue weighted by atomic mass is 9.75.